The third-order valence-corrected chi connectivity index (χ3v) is 5.50. The van der Waals surface area contributed by atoms with Gasteiger partial charge < -0.3 is 25.4 Å². The van der Waals surface area contributed by atoms with E-state index >= 15 is 0 Å². The van der Waals surface area contributed by atoms with E-state index in [-0.39, 0.29) is 12.5 Å². The van der Waals surface area contributed by atoms with E-state index in [9.17, 15) is 5.11 Å². The van der Waals surface area contributed by atoms with Crippen molar-refractivity contribution in [2.24, 2.45) is 10.9 Å². The van der Waals surface area contributed by atoms with Crippen molar-refractivity contribution in [3.05, 3.63) is 60.2 Å². The van der Waals surface area contributed by atoms with E-state index in [1.54, 1.807) is 14.2 Å². The van der Waals surface area contributed by atoms with Gasteiger partial charge >= 0.3 is 0 Å². The Bertz CT molecular complexity index is 781. The highest BCUT2D eigenvalue weighted by Gasteiger charge is 2.24. The molecule has 6 nitrogen and oxygen atoms in total. The second-order valence-corrected chi connectivity index (χ2v) is 7.40. The number of para-hydroxylation sites is 2. The molecule has 2 unspecified atom stereocenters. The Morgan fingerprint density at radius 3 is 2.66 bits per heavy atom. The van der Waals surface area contributed by atoms with E-state index in [1.165, 1.54) is 0 Å². The van der Waals surface area contributed by atoms with Crippen LogP contribution in [0, 0.1) is 5.92 Å². The molecule has 2 aromatic carbocycles. The molecule has 0 saturated carbocycles. The maximum Gasteiger partial charge on any atom is 0.191 e. The molecule has 1 saturated heterocycles. The number of hydrogen-bond donors (Lipinski definition) is 3. The number of rotatable bonds is 8. The molecule has 29 heavy (non-hydrogen) atoms. The monoisotopic (exact) mass is 396 g/mol. The molecule has 2 atom stereocenters. The first kappa shape index (κ1) is 21.0. The molecule has 1 fully saturated rings. The van der Waals surface area contributed by atoms with Gasteiger partial charge in [-0.15, -0.1) is 0 Å². The first-order valence-electron chi connectivity index (χ1n) is 10.2. The summed E-state index contributed by atoms with van der Waals surface area (Å²) >= 11 is 0. The Morgan fingerprint density at radius 2 is 1.93 bits per heavy atom. The number of benzene rings is 2. The van der Waals surface area contributed by atoms with Gasteiger partial charge in [-0.1, -0.05) is 42.5 Å². The Labute approximate surface area is 173 Å². The average Bonchev–Trinajstić information content (AvgIpc) is 3.25. The second-order valence-electron chi connectivity index (χ2n) is 7.40. The smallest absolute Gasteiger partial charge is 0.191 e. The zero-order chi connectivity index (χ0) is 20.5. The minimum absolute atomic E-state index is 0.0438. The van der Waals surface area contributed by atoms with Gasteiger partial charge in [0.25, 0.3) is 0 Å². The molecule has 0 spiro atoms. The van der Waals surface area contributed by atoms with Crippen LogP contribution in [0.1, 0.15) is 17.9 Å². The number of aliphatic hydroxyl groups is 1. The number of nitrogens with one attached hydrogen (secondary N) is 2. The number of anilines is 1. The summed E-state index contributed by atoms with van der Waals surface area (Å²) in [5, 5.41) is 16.5. The molecule has 3 N–H and O–H groups in total. The predicted octanol–water partition coefficient (Wildman–Crippen LogP) is 2.46. The lowest BCUT2D eigenvalue weighted by molar-refractivity contribution is 0.265. The summed E-state index contributed by atoms with van der Waals surface area (Å²) < 4.78 is 5.50. The summed E-state index contributed by atoms with van der Waals surface area (Å²) in [6.07, 6.45) is 1.13. The molecule has 0 radical (unpaired) electrons. The summed E-state index contributed by atoms with van der Waals surface area (Å²) in [5.74, 6) is 2.29. The number of ether oxygens (including phenoxy) is 1. The molecule has 1 aliphatic rings. The highest BCUT2D eigenvalue weighted by molar-refractivity contribution is 5.79. The van der Waals surface area contributed by atoms with Crippen LogP contribution in [0.15, 0.2) is 59.6 Å². The summed E-state index contributed by atoms with van der Waals surface area (Å²) in [7, 11) is 3.50. The number of aliphatic hydroxyl groups excluding tert-OH is 1. The van der Waals surface area contributed by atoms with Gasteiger partial charge in [0.15, 0.2) is 5.96 Å². The number of guanidine groups is 1. The third-order valence-electron chi connectivity index (χ3n) is 5.50. The average molecular weight is 397 g/mol. The van der Waals surface area contributed by atoms with E-state index < -0.39 is 0 Å². The van der Waals surface area contributed by atoms with E-state index in [1.807, 2.05) is 42.5 Å². The highest BCUT2D eigenvalue weighted by Crippen LogP contribution is 2.31. The molecule has 0 aliphatic carbocycles. The van der Waals surface area contributed by atoms with E-state index in [4.69, 9.17) is 4.74 Å². The lowest BCUT2D eigenvalue weighted by Crippen LogP contribution is -2.42. The minimum Gasteiger partial charge on any atom is -0.495 e. The van der Waals surface area contributed by atoms with Crippen molar-refractivity contribution in [3.63, 3.8) is 0 Å². The van der Waals surface area contributed by atoms with Crippen LogP contribution in [0.5, 0.6) is 5.75 Å². The number of aliphatic imine (C=N–C) groups is 1. The highest BCUT2D eigenvalue weighted by atomic mass is 16.5. The summed E-state index contributed by atoms with van der Waals surface area (Å²) in [6.45, 7) is 3.62. The maximum atomic E-state index is 9.73. The van der Waals surface area contributed by atoms with Gasteiger partial charge in [-0.05, 0) is 30.0 Å². The fraction of sp³-hybridized carbons (Fsp3) is 0.435. The number of methoxy groups -OCH3 is 1. The zero-order valence-corrected chi connectivity index (χ0v) is 17.3. The molecule has 0 bridgehead atoms. The molecule has 2 aromatic rings. The fourth-order valence-corrected chi connectivity index (χ4v) is 3.80. The Hall–Kier alpha value is -2.73. The van der Waals surface area contributed by atoms with Crippen LogP contribution in [-0.4, -0.2) is 58.0 Å². The van der Waals surface area contributed by atoms with Crippen molar-refractivity contribution >= 4 is 11.6 Å². The van der Waals surface area contributed by atoms with E-state index in [2.05, 4.69) is 32.7 Å². The van der Waals surface area contributed by atoms with Gasteiger partial charge in [0, 0.05) is 39.1 Å². The molecule has 3 rings (SSSR count). The third kappa shape index (κ3) is 5.64. The van der Waals surface area contributed by atoms with Crippen LogP contribution in [0.25, 0.3) is 0 Å². The van der Waals surface area contributed by atoms with Crippen LogP contribution in [0.2, 0.25) is 0 Å². The van der Waals surface area contributed by atoms with Crippen LogP contribution in [-0.2, 0) is 0 Å². The van der Waals surface area contributed by atoms with Crippen molar-refractivity contribution in [3.8, 4) is 5.75 Å². The first-order chi connectivity index (χ1) is 14.2. The largest absolute Gasteiger partial charge is 0.495 e. The van der Waals surface area contributed by atoms with Crippen LogP contribution in [0.3, 0.4) is 0 Å². The lowest BCUT2D eigenvalue weighted by Gasteiger charge is -2.22. The topological polar surface area (TPSA) is 69.1 Å². The van der Waals surface area contributed by atoms with Gasteiger partial charge in [-0.25, -0.2) is 0 Å². The van der Waals surface area contributed by atoms with Gasteiger partial charge in [0.1, 0.15) is 5.75 Å². The van der Waals surface area contributed by atoms with Crippen molar-refractivity contribution in [1.82, 2.24) is 10.6 Å². The maximum absolute atomic E-state index is 9.73. The van der Waals surface area contributed by atoms with Crippen molar-refractivity contribution in [2.45, 2.75) is 12.3 Å². The summed E-state index contributed by atoms with van der Waals surface area (Å²) in [6, 6.07) is 18.3. The van der Waals surface area contributed by atoms with Crippen LogP contribution < -0.4 is 20.3 Å². The molecule has 0 aromatic heterocycles. The van der Waals surface area contributed by atoms with Crippen LogP contribution in [0.4, 0.5) is 5.69 Å². The van der Waals surface area contributed by atoms with Crippen LogP contribution >= 0.6 is 0 Å². The summed E-state index contributed by atoms with van der Waals surface area (Å²) in [4.78, 5) is 6.72. The molecule has 156 valence electrons. The zero-order valence-electron chi connectivity index (χ0n) is 17.3. The molecule has 1 heterocycles. The van der Waals surface area contributed by atoms with Gasteiger partial charge in [0.2, 0.25) is 0 Å². The van der Waals surface area contributed by atoms with Crippen molar-refractivity contribution in [1.29, 1.82) is 0 Å². The quantitative estimate of drug-likeness (QED) is 0.472. The predicted molar refractivity (Wildman–Crippen MR) is 119 cm³/mol. The molecule has 0 amide bonds. The number of nitrogens with zero attached hydrogens (tertiary/aromatic N) is 2. The Morgan fingerprint density at radius 1 is 1.17 bits per heavy atom. The van der Waals surface area contributed by atoms with E-state index in [0.717, 1.165) is 49.0 Å². The molecule has 1 aliphatic heterocycles. The lowest BCUT2D eigenvalue weighted by atomic mass is 10.0. The first-order valence-corrected chi connectivity index (χ1v) is 10.2. The van der Waals surface area contributed by atoms with Gasteiger partial charge in [-0.2, -0.15) is 0 Å². The fourth-order valence-electron chi connectivity index (χ4n) is 3.80. The normalized spacial score (nSPS) is 17.8. The Kier molecular flexibility index (Phi) is 7.76. The SMILES string of the molecule is CN=C(NCC1CCN(c2ccccc2OC)C1)NCC(CO)c1ccccc1. The van der Waals surface area contributed by atoms with Gasteiger partial charge in [0.05, 0.1) is 19.4 Å². The number of hydrogen-bond acceptors (Lipinski definition) is 4. The summed E-state index contributed by atoms with van der Waals surface area (Å²) in [5.41, 5.74) is 2.29. The van der Waals surface area contributed by atoms with E-state index in [0.29, 0.717) is 12.5 Å². The standard InChI is InChI=1S/C23H32N4O2/c1-24-23(26-15-20(17-28)19-8-4-3-5-9-19)25-14-18-12-13-27(16-18)21-10-6-7-11-22(21)29-2/h3-11,18,20,28H,12-17H2,1-2H3,(H2,24,25,26). The van der Waals surface area contributed by atoms with Crippen molar-refractivity contribution in [2.75, 3.05) is 51.8 Å². The van der Waals surface area contributed by atoms with Crippen molar-refractivity contribution < 1.29 is 9.84 Å². The molecular formula is C23H32N4O2. The Balaban J connectivity index is 1.47. The molecular weight excluding hydrogens is 364 g/mol. The van der Waals surface area contributed by atoms with Gasteiger partial charge in [-0.3, -0.25) is 4.99 Å². The second kappa shape index (κ2) is 10.7. The minimum atomic E-state index is 0.0438. The molecule has 6 heteroatoms.